The van der Waals surface area contributed by atoms with Crippen LogP contribution in [0.3, 0.4) is 0 Å². The highest BCUT2D eigenvalue weighted by Gasteiger charge is 2.32. The molecule has 2 aliphatic rings. The quantitative estimate of drug-likeness (QED) is 0.795. The van der Waals surface area contributed by atoms with Crippen LogP contribution in [0.25, 0.3) is 0 Å². The van der Waals surface area contributed by atoms with Gasteiger partial charge in [0.25, 0.3) is 0 Å². The Kier molecular flexibility index (Phi) is 5.22. The van der Waals surface area contributed by atoms with Gasteiger partial charge in [-0.2, -0.15) is 0 Å². The molecule has 19 heavy (non-hydrogen) atoms. The van der Waals surface area contributed by atoms with Crippen molar-refractivity contribution in [2.45, 2.75) is 57.9 Å². The summed E-state index contributed by atoms with van der Waals surface area (Å²) in [7, 11) is 0. The van der Waals surface area contributed by atoms with Crippen LogP contribution in [-0.4, -0.2) is 48.2 Å². The predicted octanol–water partition coefficient (Wildman–Crippen LogP) is 1.53. The summed E-state index contributed by atoms with van der Waals surface area (Å²) in [5, 5.41) is 13.0. The van der Waals surface area contributed by atoms with E-state index >= 15 is 0 Å². The fourth-order valence-electron chi connectivity index (χ4n) is 3.36. The molecule has 0 aromatic rings. The first kappa shape index (κ1) is 14.8. The number of hydrogen-bond donors (Lipinski definition) is 2. The molecule has 110 valence electrons. The average Bonchev–Trinajstić information content (AvgIpc) is 2.99. The van der Waals surface area contributed by atoms with E-state index in [0.29, 0.717) is 0 Å². The molecule has 0 spiro atoms. The van der Waals surface area contributed by atoms with Crippen molar-refractivity contribution in [1.29, 1.82) is 0 Å². The summed E-state index contributed by atoms with van der Waals surface area (Å²) >= 11 is 0. The second-order valence-electron chi connectivity index (χ2n) is 6.35. The summed E-state index contributed by atoms with van der Waals surface area (Å²) in [6, 6.07) is -0.122. The molecule has 2 fully saturated rings. The molecular weight excluding hydrogens is 240 g/mol. The molecule has 1 unspecified atom stereocenters. The maximum atomic E-state index is 12.2. The van der Waals surface area contributed by atoms with Crippen LogP contribution in [0.5, 0.6) is 0 Å². The van der Waals surface area contributed by atoms with Crippen LogP contribution >= 0.6 is 0 Å². The summed E-state index contributed by atoms with van der Waals surface area (Å²) in [5.74, 6) is 0.224. The van der Waals surface area contributed by atoms with Crippen LogP contribution in [0.1, 0.15) is 51.9 Å². The highest BCUT2D eigenvalue weighted by molar-refractivity contribution is 5.81. The summed E-state index contributed by atoms with van der Waals surface area (Å²) in [6.45, 7) is 4.79. The van der Waals surface area contributed by atoms with Crippen molar-refractivity contribution in [3.63, 3.8) is 0 Å². The third kappa shape index (κ3) is 3.69. The molecule has 2 rings (SSSR count). The molecule has 0 radical (unpaired) electrons. The lowest BCUT2D eigenvalue weighted by Gasteiger charge is -2.37. The number of likely N-dealkylation sites (tertiary alicyclic amines) is 1. The smallest absolute Gasteiger partial charge is 0.239 e. The Labute approximate surface area is 116 Å². The standard InChI is InChI=1S/C15H28N2O2/c1-13(14(19)17-9-5-6-10-17)16-11-15(12-18)7-3-2-4-8-15/h13,16,18H,2-12H2,1H3. The van der Waals surface area contributed by atoms with Gasteiger partial charge in [-0.05, 0) is 32.6 Å². The van der Waals surface area contributed by atoms with Crippen LogP contribution in [0.2, 0.25) is 0 Å². The Balaban J connectivity index is 1.81. The van der Waals surface area contributed by atoms with E-state index in [2.05, 4.69) is 5.32 Å². The second kappa shape index (κ2) is 6.71. The monoisotopic (exact) mass is 268 g/mol. The fourth-order valence-corrected chi connectivity index (χ4v) is 3.36. The number of aliphatic hydroxyl groups is 1. The van der Waals surface area contributed by atoms with Crippen molar-refractivity contribution in [2.24, 2.45) is 5.41 Å². The molecule has 4 heteroatoms. The van der Waals surface area contributed by atoms with Gasteiger partial charge in [-0.25, -0.2) is 0 Å². The van der Waals surface area contributed by atoms with Crippen LogP contribution in [0.4, 0.5) is 0 Å². The van der Waals surface area contributed by atoms with Gasteiger partial charge < -0.3 is 15.3 Å². The minimum absolute atomic E-state index is 0.0117. The number of carbonyl (C=O) groups excluding carboxylic acids is 1. The number of rotatable bonds is 5. The molecule has 4 nitrogen and oxygen atoms in total. The lowest BCUT2D eigenvalue weighted by Crippen LogP contribution is -2.48. The number of carbonyl (C=O) groups is 1. The predicted molar refractivity (Wildman–Crippen MR) is 75.9 cm³/mol. The normalized spacial score (nSPS) is 24.4. The third-order valence-electron chi connectivity index (χ3n) is 4.82. The zero-order valence-electron chi connectivity index (χ0n) is 12.2. The molecule has 1 heterocycles. The van der Waals surface area contributed by atoms with E-state index in [-0.39, 0.29) is 24.0 Å². The van der Waals surface area contributed by atoms with E-state index in [1.54, 1.807) is 0 Å². The largest absolute Gasteiger partial charge is 0.396 e. The maximum Gasteiger partial charge on any atom is 0.239 e. The van der Waals surface area contributed by atoms with Crippen molar-refractivity contribution < 1.29 is 9.90 Å². The molecule has 2 N–H and O–H groups in total. The van der Waals surface area contributed by atoms with Gasteiger partial charge in [0.05, 0.1) is 6.04 Å². The van der Waals surface area contributed by atoms with Crippen molar-refractivity contribution in [3.8, 4) is 0 Å². The minimum Gasteiger partial charge on any atom is -0.396 e. The number of aliphatic hydroxyl groups excluding tert-OH is 1. The Hall–Kier alpha value is -0.610. The van der Waals surface area contributed by atoms with E-state index in [9.17, 15) is 9.90 Å². The van der Waals surface area contributed by atoms with E-state index in [1.165, 1.54) is 19.3 Å². The molecule has 0 aromatic carbocycles. The average molecular weight is 268 g/mol. The lowest BCUT2D eigenvalue weighted by atomic mass is 9.74. The Bertz CT molecular complexity index is 295. The Morgan fingerprint density at radius 1 is 1.21 bits per heavy atom. The van der Waals surface area contributed by atoms with E-state index in [4.69, 9.17) is 0 Å². The van der Waals surface area contributed by atoms with E-state index in [1.807, 2.05) is 11.8 Å². The fraction of sp³-hybridized carbons (Fsp3) is 0.933. The highest BCUT2D eigenvalue weighted by atomic mass is 16.3. The zero-order valence-corrected chi connectivity index (χ0v) is 12.2. The molecule has 0 aromatic heterocycles. The lowest BCUT2D eigenvalue weighted by molar-refractivity contribution is -0.132. The molecule has 1 amide bonds. The van der Waals surface area contributed by atoms with Crippen LogP contribution < -0.4 is 5.32 Å². The summed E-state index contributed by atoms with van der Waals surface area (Å²) in [6.07, 6.45) is 8.14. The molecular formula is C15H28N2O2. The van der Waals surface area contributed by atoms with E-state index in [0.717, 1.165) is 45.3 Å². The first-order valence-corrected chi connectivity index (χ1v) is 7.80. The molecule has 1 aliphatic heterocycles. The zero-order chi connectivity index (χ0) is 13.7. The van der Waals surface area contributed by atoms with Gasteiger partial charge in [0.15, 0.2) is 0 Å². The van der Waals surface area contributed by atoms with E-state index < -0.39 is 0 Å². The summed E-state index contributed by atoms with van der Waals surface area (Å²) in [5.41, 5.74) is 0.0117. The molecule has 0 bridgehead atoms. The topological polar surface area (TPSA) is 52.6 Å². The van der Waals surface area contributed by atoms with Gasteiger partial charge in [-0.3, -0.25) is 4.79 Å². The first-order chi connectivity index (χ1) is 9.17. The van der Waals surface area contributed by atoms with Crippen molar-refractivity contribution in [3.05, 3.63) is 0 Å². The van der Waals surface area contributed by atoms with Gasteiger partial charge in [0.1, 0.15) is 0 Å². The third-order valence-corrected chi connectivity index (χ3v) is 4.82. The Morgan fingerprint density at radius 3 is 2.42 bits per heavy atom. The number of amides is 1. The molecule has 1 aliphatic carbocycles. The number of nitrogens with one attached hydrogen (secondary N) is 1. The van der Waals surface area contributed by atoms with Gasteiger partial charge in [-0.1, -0.05) is 19.3 Å². The van der Waals surface area contributed by atoms with Crippen LogP contribution in [-0.2, 0) is 4.79 Å². The Morgan fingerprint density at radius 2 is 1.84 bits per heavy atom. The number of nitrogens with zero attached hydrogens (tertiary/aromatic N) is 1. The SMILES string of the molecule is CC(NCC1(CO)CCCCC1)C(=O)N1CCCC1. The molecule has 1 saturated heterocycles. The number of hydrogen-bond acceptors (Lipinski definition) is 3. The minimum atomic E-state index is -0.122. The summed E-state index contributed by atoms with van der Waals surface area (Å²) < 4.78 is 0. The van der Waals surface area contributed by atoms with Gasteiger partial charge in [-0.15, -0.1) is 0 Å². The second-order valence-corrected chi connectivity index (χ2v) is 6.35. The summed E-state index contributed by atoms with van der Waals surface area (Å²) in [4.78, 5) is 14.2. The maximum absolute atomic E-state index is 12.2. The highest BCUT2D eigenvalue weighted by Crippen LogP contribution is 2.35. The first-order valence-electron chi connectivity index (χ1n) is 7.80. The molecule has 1 saturated carbocycles. The van der Waals surface area contributed by atoms with Crippen LogP contribution in [0, 0.1) is 5.41 Å². The van der Waals surface area contributed by atoms with Gasteiger partial charge >= 0.3 is 0 Å². The van der Waals surface area contributed by atoms with Crippen molar-refractivity contribution >= 4 is 5.91 Å². The van der Waals surface area contributed by atoms with Gasteiger partial charge in [0.2, 0.25) is 5.91 Å². The van der Waals surface area contributed by atoms with Gasteiger partial charge in [0, 0.05) is 31.7 Å². The molecule has 1 atom stereocenters. The van der Waals surface area contributed by atoms with Crippen LogP contribution in [0.15, 0.2) is 0 Å². The van der Waals surface area contributed by atoms with Crippen molar-refractivity contribution in [2.75, 3.05) is 26.2 Å². The van der Waals surface area contributed by atoms with Crippen molar-refractivity contribution in [1.82, 2.24) is 10.2 Å².